The van der Waals surface area contributed by atoms with Gasteiger partial charge in [0.1, 0.15) is 0 Å². The van der Waals surface area contributed by atoms with Gasteiger partial charge in [0.2, 0.25) is 0 Å². The van der Waals surface area contributed by atoms with Crippen LogP contribution in [-0.2, 0) is 9.53 Å². The maximum atomic E-state index is 11.8. The highest BCUT2D eigenvalue weighted by Crippen LogP contribution is 2.74. The molecule has 0 aromatic rings. The summed E-state index contributed by atoms with van der Waals surface area (Å²) in [7, 11) is 0. The first-order chi connectivity index (χ1) is 11.8. The lowest BCUT2D eigenvalue weighted by molar-refractivity contribution is -0.216. The SMILES string of the molecule is CC12CCC3C4(CCC5(O)CC(O)CCC35CO4)C1CCC2C(=O)O. The van der Waals surface area contributed by atoms with Crippen molar-refractivity contribution in [2.24, 2.45) is 28.6 Å². The van der Waals surface area contributed by atoms with Crippen LogP contribution in [0.4, 0.5) is 0 Å². The van der Waals surface area contributed by atoms with Gasteiger partial charge in [-0.25, -0.2) is 0 Å². The van der Waals surface area contributed by atoms with E-state index in [1.807, 2.05) is 0 Å². The molecule has 0 aromatic heterocycles. The molecule has 8 unspecified atom stereocenters. The Kier molecular flexibility index (Phi) is 3.16. The van der Waals surface area contributed by atoms with Crippen LogP contribution in [0.15, 0.2) is 0 Å². The summed E-state index contributed by atoms with van der Waals surface area (Å²) >= 11 is 0. The molecule has 5 nitrogen and oxygen atoms in total. The van der Waals surface area contributed by atoms with E-state index in [-0.39, 0.29) is 28.3 Å². The molecule has 140 valence electrons. The Balaban J connectivity index is 1.56. The van der Waals surface area contributed by atoms with Gasteiger partial charge in [-0.2, -0.15) is 0 Å². The number of aliphatic carboxylic acids is 1. The van der Waals surface area contributed by atoms with E-state index in [0.717, 1.165) is 44.9 Å². The second kappa shape index (κ2) is 4.79. The van der Waals surface area contributed by atoms with Crippen molar-refractivity contribution in [3.8, 4) is 0 Å². The first-order valence-corrected chi connectivity index (χ1v) is 10.0. The molecule has 4 saturated carbocycles. The van der Waals surface area contributed by atoms with Crippen LogP contribution in [0.1, 0.15) is 64.7 Å². The molecule has 0 amide bonds. The smallest absolute Gasteiger partial charge is 0.307 e. The van der Waals surface area contributed by atoms with Gasteiger partial charge in [-0.15, -0.1) is 0 Å². The number of aliphatic hydroxyl groups excluding tert-OH is 1. The Morgan fingerprint density at radius 1 is 1.04 bits per heavy atom. The molecule has 1 heterocycles. The lowest BCUT2D eigenvalue weighted by Gasteiger charge is -2.63. The van der Waals surface area contributed by atoms with Crippen molar-refractivity contribution in [1.29, 1.82) is 0 Å². The summed E-state index contributed by atoms with van der Waals surface area (Å²) in [5, 5.41) is 31.4. The average Bonchev–Trinajstić information content (AvgIpc) is 3.03. The highest BCUT2D eigenvalue weighted by molar-refractivity contribution is 5.71. The zero-order valence-corrected chi connectivity index (χ0v) is 15.0. The van der Waals surface area contributed by atoms with Crippen molar-refractivity contribution in [1.82, 2.24) is 0 Å². The summed E-state index contributed by atoms with van der Waals surface area (Å²) in [6.45, 7) is 2.76. The molecule has 0 radical (unpaired) electrons. The Bertz CT molecular complexity index is 621. The van der Waals surface area contributed by atoms with Crippen molar-refractivity contribution in [3.05, 3.63) is 0 Å². The van der Waals surface area contributed by atoms with Crippen LogP contribution in [-0.4, -0.2) is 45.2 Å². The standard InChI is InChI=1S/C20H30O5/c1-17-6-5-15-18-7-4-12(21)10-19(18,24)8-9-20(15,25-11-18)14(17)3-2-13(17)16(22)23/h12-15,21,24H,2-11H2,1H3,(H,22,23). The summed E-state index contributed by atoms with van der Waals surface area (Å²) in [6.07, 6.45) is 6.72. The Labute approximate surface area is 148 Å². The Hall–Kier alpha value is -0.650. The van der Waals surface area contributed by atoms with Gasteiger partial charge >= 0.3 is 5.97 Å². The number of fused-ring (bicyclic) bond motifs is 1. The topological polar surface area (TPSA) is 87.0 Å². The fourth-order valence-corrected chi connectivity index (χ4v) is 8.27. The van der Waals surface area contributed by atoms with Gasteiger partial charge in [0.05, 0.1) is 29.8 Å². The van der Waals surface area contributed by atoms with E-state index in [1.165, 1.54) is 0 Å². The first kappa shape index (κ1) is 16.5. The summed E-state index contributed by atoms with van der Waals surface area (Å²) in [5.74, 6) is -0.310. The second-order valence-electron chi connectivity index (χ2n) is 9.95. The van der Waals surface area contributed by atoms with Gasteiger partial charge in [0.15, 0.2) is 0 Å². The van der Waals surface area contributed by atoms with Crippen LogP contribution in [0.25, 0.3) is 0 Å². The summed E-state index contributed by atoms with van der Waals surface area (Å²) in [4.78, 5) is 11.8. The number of carbonyl (C=O) groups is 1. The van der Waals surface area contributed by atoms with Crippen LogP contribution >= 0.6 is 0 Å². The Morgan fingerprint density at radius 3 is 2.60 bits per heavy atom. The lowest BCUT2D eigenvalue weighted by atomic mass is 9.42. The third kappa shape index (κ3) is 1.73. The molecule has 1 aliphatic heterocycles. The van der Waals surface area contributed by atoms with E-state index in [0.29, 0.717) is 25.4 Å². The number of hydrogen-bond donors (Lipinski definition) is 3. The monoisotopic (exact) mass is 350 g/mol. The van der Waals surface area contributed by atoms with E-state index >= 15 is 0 Å². The molecule has 5 fully saturated rings. The molecule has 5 aliphatic rings. The number of ether oxygens (including phenoxy) is 1. The number of hydrogen-bond acceptors (Lipinski definition) is 4. The summed E-state index contributed by atoms with van der Waals surface area (Å²) < 4.78 is 6.60. The number of aliphatic hydroxyl groups is 2. The summed E-state index contributed by atoms with van der Waals surface area (Å²) in [6, 6.07) is 0. The highest BCUT2D eigenvalue weighted by Gasteiger charge is 2.76. The number of rotatable bonds is 1. The third-order valence-electron chi connectivity index (χ3n) is 9.40. The van der Waals surface area contributed by atoms with Gasteiger partial charge in [-0.3, -0.25) is 4.79 Å². The molecular weight excluding hydrogens is 320 g/mol. The number of carboxylic acids is 1. The predicted octanol–water partition coefficient (Wildman–Crippen LogP) is 2.34. The van der Waals surface area contributed by atoms with E-state index < -0.39 is 17.7 Å². The van der Waals surface area contributed by atoms with E-state index in [9.17, 15) is 20.1 Å². The third-order valence-corrected chi connectivity index (χ3v) is 9.40. The molecule has 5 rings (SSSR count). The molecular formula is C20H30O5. The summed E-state index contributed by atoms with van der Waals surface area (Å²) in [5.41, 5.74) is -1.47. The van der Waals surface area contributed by atoms with Crippen molar-refractivity contribution in [3.63, 3.8) is 0 Å². The second-order valence-corrected chi connectivity index (χ2v) is 9.95. The molecule has 5 heteroatoms. The zero-order chi connectivity index (χ0) is 17.7. The van der Waals surface area contributed by atoms with Gasteiger partial charge < -0.3 is 20.1 Å². The van der Waals surface area contributed by atoms with E-state index in [1.54, 1.807) is 0 Å². The Morgan fingerprint density at radius 2 is 1.84 bits per heavy atom. The minimum atomic E-state index is -0.812. The normalized spacial score (nSPS) is 59.8. The average molecular weight is 350 g/mol. The molecule has 25 heavy (non-hydrogen) atoms. The van der Waals surface area contributed by atoms with E-state index in [2.05, 4.69) is 6.92 Å². The van der Waals surface area contributed by atoms with Crippen LogP contribution in [0.2, 0.25) is 0 Å². The molecule has 3 N–H and O–H groups in total. The zero-order valence-electron chi connectivity index (χ0n) is 15.0. The van der Waals surface area contributed by atoms with Gasteiger partial charge in [-0.05, 0) is 68.6 Å². The van der Waals surface area contributed by atoms with Crippen molar-refractivity contribution in [2.75, 3.05) is 6.61 Å². The number of carboxylic acid groups (broad SMARTS) is 1. The molecule has 2 bridgehead atoms. The fourth-order valence-electron chi connectivity index (χ4n) is 8.27. The minimum Gasteiger partial charge on any atom is -0.481 e. The van der Waals surface area contributed by atoms with Crippen LogP contribution < -0.4 is 0 Å². The van der Waals surface area contributed by atoms with Crippen LogP contribution in [0, 0.1) is 28.6 Å². The largest absolute Gasteiger partial charge is 0.481 e. The van der Waals surface area contributed by atoms with Gasteiger partial charge in [-0.1, -0.05) is 6.92 Å². The van der Waals surface area contributed by atoms with Crippen molar-refractivity contribution >= 4 is 5.97 Å². The molecule has 1 saturated heterocycles. The van der Waals surface area contributed by atoms with Crippen LogP contribution in [0.5, 0.6) is 0 Å². The maximum absolute atomic E-state index is 11.8. The van der Waals surface area contributed by atoms with Crippen molar-refractivity contribution < 1.29 is 24.9 Å². The fraction of sp³-hybridized carbons (Fsp3) is 0.950. The lowest BCUT2D eigenvalue weighted by Crippen LogP contribution is -2.66. The van der Waals surface area contributed by atoms with Crippen molar-refractivity contribution in [2.45, 2.75) is 82.0 Å². The van der Waals surface area contributed by atoms with Crippen LogP contribution in [0.3, 0.4) is 0 Å². The quantitative estimate of drug-likeness (QED) is 0.676. The maximum Gasteiger partial charge on any atom is 0.307 e. The predicted molar refractivity (Wildman–Crippen MR) is 89.8 cm³/mol. The molecule has 4 aliphatic carbocycles. The molecule has 8 atom stereocenters. The molecule has 0 aromatic carbocycles. The molecule has 1 spiro atoms. The minimum absolute atomic E-state index is 0.183. The van der Waals surface area contributed by atoms with E-state index in [4.69, 9.17) is 4.74 Å². The van der Waals surface area contributed by atoms with Gasteiger partial charge in [0.25, 0.3) is 0 Å². The highest BCUT2D eigenvalue weighted by atomic mass is 16.5. The first-order valence-electron chi connectivity index (χ1n) is 10.0. The van der Waals surface area contributed by atoms with Gasteiger partial charge in [0, 0.05) is 11.8 Å².